The van der Waals surface area contributed by atoms with Gasteiger partial charge >= 0.3 is 0 Å². The van der Waals surface area contributed by atoms with Gasteiger partial charge in [0.25, 0.3) is 0 Å². The molecule has 0 bridgehead atoms. The topological polar surface area (TPSA) is 35.2 Å². The quantitative estimate of drug-likeness (QED) is 0.544. The molecule has 1 aliphatic carbocycles. The molecule has 0 aromatic rings. The monoisotopic (exact) mass is 129 g/mol. The van der Waals surface area contributed by atoms with Crippen LogP contribution in [0.15, 0.2) is 0 Å². The fourth-order valence-corrected chi connectivity index (χ4v) is 1.16. The van der Waals surface area contributed by atoms with E-state index in [2.05, 4.69) is 20.8 Å². The average molecular weight is 129 g/mol. The Balaban J connectivity index is 2.60. The molecule has 0 aromatic heterocycles. The summed E-state index contributed by atoms with van der Waals surface area (Å²) in [7, 11) is 0. The van der Waals surface area contributed by atoms with Gasteiger partial charge in [-0.25, -0.2) is 5.90 Å². The van der Waals surface area contributed by atoms with Crippen molar-refractivity contribution in [2.24, 2.45) is 11.3 Å². The van der Waals surface area contributed by atoms with Gasteiger partial charge in [-0.1, -0.05) is 20.8 Å². The lowest BCUT2D eigenvalue weighted by molar-refractivity contribution is -0.0423. The van der Waals surface area contributed by atoms with E-state index in [9.17, 15) is 0 Å². The zero-order chi connectivity index (χ0) is 7.12. The molecule has 0 saturated heterocycles. The molecule has 0 atom stereocenters. The van der Waals surface area contributed by atoms with Gasteiger partial charge in [0.2, 0.25) is 0 Å². The maximum atomic E-state index is 5.15. The van der Waals surface area contributed by atoms with E-state index in [0.29, 0.717) is 0 Å². The van der Waals surface area contributed by atoms with Crippen LogP contribution in [0.3, 0.4) is 0 Å². The maximum Gasteiger partial charge on any atom is 0.0943 e. The van der Waals surface area contributed by atoms with Crippen LogP contribution < -0.4 is 5.90 Å². The van der Waals surface area contributed by atoms with Crippen LogP contribution in [0.1, 0.15) is 33.6 Å². The smallest absolute Gasteiger partial charge is 0.0943 e. The summed E-state index contributed by atoms with van der Waals surface area (Å²) in [6, 6.07) is 0. The lowest BCUT2D eigenvalue weighted by Crippen LogP contribution is -2.33. The number of rotatable bonds is 1. The molecule has 0 aliphatic heterocycles. The Labute approximate surface area is 56.3 Å². The third-order valence-corrected chi connectivity index (χ3v) is 2.30. The van der Waals surface area contributed by atoms with Crippen LogP contribution in [0, 0.1) is 5.41 Å². The standard InChI is InChI=1S/C7H15NO/c1-6(2,3)7(9-8)4-5-7/h4-5,8H2,1-3H3. The van der Waals surface area contributed by atoms with Crippen molar-refractivity contribution in [1.29, 1.82) is 0 Å². The van der Waals surface area contributed by atoms with Gasteiger partial charge < -0.3 is 0 Å². The molecular formula is C7H15NO. The zero-order valence-corrected chi connectivity index (χ0v) is 6.40. The van der Waals surface area contributed by atoms with Crippen molar-refractivity contribution >= 4 is 0 Å². The van der Waals surface area contributed by atoms with Crippen molar-refractivity contribution in [3.05, 3.63) is 0 Å². The molecule has 2 nitrogen and oxygen atoms in total. The van der Waals surface area contributed by atoms with Gasteiger partial charge in [-0.3, -0.25) is 4.84 Å². The normalized spacial score (nSPS) is 24.0. The summed E-state index contributed by atoms with van der Waals surface area (Å²) < 4.78 is 0. The second-order valence-electron chi connectivity index (χ2n) is 3.86. The van der Waals surface area contributed by atoms with Gasteiger partial charge in [0, 0.05) is 0 Å². The van der Waals surface area contributed by atoms with E-state index < -0.39 is 0 Å². The fraction of sp³-hybridized carbons (Fsp3) is 1.00. The first-order valence-corrected chi connectivity index (χ1v) is 3.40. The fourth-order valence-electron chi connectivity index (χ4n) is 1.16. The maximum absolute atomic E-state index is 5.15. The van der Waals surface area contributed by atoms with Crippen molar-refractivity contribution in [3.63, 3.8) is 0 Å². The summed E-state index contributed by atoms with van der Waals surface area (Å²) >= 11 is 0. The first kappa shape index (κ1) is 7.03. The lowest BCUT2D eigenvalue weighted by atomic mass is 9.87. The van der Waals surface area contributed by atoms with Crippen molar-refractivity contribution in [1.82, 2.24) is 0 Å². The van der Waals surface area contributed by atoms with Gasteiger partial charge in [0.1, 0.15) is 0 Å². The van der Waals surface area contributed by atoms with Crippen LogP contribution in [0.5, 0.6) is 0 Å². The van der Waals surface area contributed by atoms with E-state index >= 15 is 0 Å². The molecule has 1 rings (SSSR count). The molecule has 0 spiro atoms. The molecule has 9 heavy (non-hydrogen) atoms. The third-order valence-electron chi connectivity index (χ3n) is 2.30. The Morgan fingerprint density at radius 3 is 1.78 bits per heavy atom. The molecule has 1 aliphatic rings. The molecular weight excluding hydrogens is 114 g/mol. The highest BCUT2D eigenvalue weighted by atomic mass is 16.6. The van der Waals surface area contributed by atoms with Crippen LogP contribution in [-0.4, -0.2) is 5.60 Å². The highest BCUT2D eigenvalue weighted by Crippen LogP contribution is 2.51. The summed E-state index contributed by atoms with van der Waals surface area (Å²) in [5.74, 6) is 5.15. The molecule has 0 aromatic carbocycles. The Kier molecular flexibility index (Phi) is 1.33. The largest absolute Gasteiger partial charge is 0.297 e. The van der Waals surface area contributed by atoms with Crippen LogP contribution in [0.25, 0.3) is 0 Å². The number of nitrogens with two attached hydrogens (primary N) is 1. The minimum atomic E-state index is 0.00694. The summed E-state index contributed by atoms with van der Waals surface area (Å²) in [6.45, 7) is 6.48. The van der Waals surface area contributed by atoms with Crippen molar-refractivity contribution in [2.75, 3.05) is 0 Å². The first-order valence-electron chi connectivity index (χ1n) is 3.40. The Morgan fingerprint density at radius 1 is 1.33 bits per heavy atom. The van der Waals surface area contributed by atoms with Crippen LogP contribution in [0.4, 0.5) is 0 Å². The summed E-state index contributed by atoms with van der Waals surface area (Å²) in [5, 5.41) is 0. The molecule has 0 heterocycles. The second-order valence-corrected chi connectivity index (χ2v) is 3.86. The van der Waals surface area contributed by atoms with Crippen molar-refractivity contribution in [2.45, 2.75) is 39.2 Å². The van der Waals surface area contributed by atoms with Gasteiger partial charge in [-0.05, 0) is 18.3 Å². The minimum absolute atomic E-state index is 0.00694. The molecule has 1 saturated carbocycles. The first-order chi connectivity index (χ1) is 4.02. The predicted octanol–water partition coefficient (Wildman–Crippen LogP) is 1.46. The van der Waals surface area contributed by atoms with Gasteiger partial charge in [0.15, 0.2) is 0 Å². The summed E-state index contributed by atoms with van der Waals surface area (Å²) in [6.07, 6.45) is 2.24. The van der Waals surface area contributed by atoms with Crippen LogP contribution >= 0.6 is 0 Å². The molecule has 0 unspecified atom stereocenters. The molecule has 54 valence electrons. The highest BCUT2D eigenvalue weighted by Gasteiger charge is 2.53. The van der Waals surface area contributed by atoms with Gasteiger partial charge in [0.05, 0.1) is 5.60 Å². The Morgan fingerprint density at radius 2 is 1.78 bits per heavy atom. The summed E-state index contributed by atoms with van der Waals surface area (Å²) in [5.41, 5.74) is 0.217. The van der Waals surface area contributed by atoms with E-state index in [1.54, 1.807) is 0 Å². The molecule has 2 N–H and O–H groups in total. The summed E-state index contributed by atoms with van der Waals surface area (Å²) in [4.78, 5) is 4.91. The second kappa shape index (κ2) is 1.70. The molecule has 0 radical (unpaired) electrons. The molecule has 0 amide bonds. The van der Waals surface area contributed by atoms with E-state index in [-0.39, 0.29) is 11.0 Å². The molecule has 2 heteroatoms. The lowest BCUT2D eigenvalue weighted by Gasteiger charge is -2.28. The van der Waals surface area contributed by atoms with Crippen LogP contribution in [-0.2, 0) is 4.84 Å². The number of hydrogen-bond acceptors (Lipinski definition) is 2. The van der Waals surface area contributed by atoms with Crippen LogP contribution in [0.2, 0.25) is 0 Å². The highest BCUT2D eigenvalue weighted by molar-refractivity contribution is 5.03. The predicted molar refractivity (Wildman–Crippen MR) is 36.7 cm³/mol. The molecule has 1 fully saturated rings. The van der Waals surface area contributed by atoms with Crippen molar-refractivity contribution in [3.8, 4) is 0 Å². The van der Waals surface area contributed by atoms with Crippen molar-refractivity contribution < 1.29 is 4.84 Å². The van der Waals surface area contributed by atoms with Gasteiger partial charge in [-0.15, -0.1) is 0 Å². The van der Waals surface area contributed by atoms with E-state index in [1.165, 1.54) is 0 Å². The zero-order valence-electron chi connectivity index (χ0n) is 6.40. The Bertz CT molecular complexity index is 111. The third kappa shape index (κ3) is 0.970. The average Bonchev–Trinajstić information content (AvgIpc) is 2.40. The Hall–Kier alpha value is -0.0800. The van der Waals surface area contributed by atoms with Gasteiger partial charge in [-0.2, -0.15) is 0 Å². The van der Waals surface area contributed by atoms with E-state index in [1.807, 2.05) is 0 Å². The minimum Gasteiger partial charge on any atom is -0.297 e. The number of hydrogen-bond donors (Lipinski definition) is 1. The van der Waals surface area contributed by atoms with E-state index in [4.69, 9.17) is 10.7 Å². The SMILES string of the molecule is CC(C)(C)C1(ON)CC1. The van der Waals surface area contributed by atoms with E-state index in [0.717, 1.165) is 12.8 Å².